The van der Waals surface area contributed by atoms with Gasteiger partial charge < -0.3 is 20.4 Å². The molecule has 21 heavy (non-hydrogen) atoms. The second-order valence-electron chi connectivity index (χ2n) is 6.83. The van der Waals surface area contributed by atoms with Gasteiger partial charge in [-0.25, -0.2) is 0 Å². The number of carbonyl (C=O) groups is 1. The second kappa shape index (κ2) is 7.68. The minimum absolute atomic E-state index is 0.296. The number of Topliss-reactive ketones (excluding diaryl/α,β-unsaturated/α-hetero) is 1. The summed E-state index contributed by atoms with van der Waals surface area (Å²) in [5.74, 6) is 1.15. The SMILES string of the molecule is O=C1C(CN2CCNCC2)CCCC1CN1CCNCC1. The highest BCUT2D eigenvalue weighted by molar-refractivity contribution is 5.84. The molecule has 2 aliphatic heterocycles. The van der Waals surface area contributed by atoms with Gasteiger partial charge in [0.2, 0.25) is 0 Å². The zero-order valence-electron chi connectivity index (χ0n) is 13.1. The van der Waals surface area contributed by atoms with Crippen LogP contribution in [0.3, 0.4) is 0 Å². The normalized spacial score (nSPS) is 33.2. The number of nitrogens with zero attached hydrogens (tertiary/aromatic N) is 2. The van der Waals surface area contributed by atoms with Crippen molar-refractivity contribution in [1.82, 2.24) is 20.4 Å². The lowest BCUT2D eigenvalue weighted by atomic mass is 9.79. The molecule has 5 heteroatoms. The summed E-state index contributed by atoms with van der Waals surface area (Å²) in [5, 5.41) is 6.77. The van der Waals surface area contributed by atoms with E-state index in [0.29, 0.717) is 17.6 Å². The van der Waals surface area contributed by atoms with E-state index in [0.717, 1.165) is 78.3 Å². The molecule has 2 unspecified atom stereocenters. The van der Waals surface area contributed by atoms with E-state index in [-0.39, 0.29) is 0 Å². The fraction of sp³-hybridized carbons (Fsp3) is 0.938. The van der Waals surface area contributed by atoms with Gasteiger partial charge >= 0.3 is 0 Å². The smallest absolute Gasteiger partial charge is 0.141 e. The highest BCUT2D eigenvalue weighted by Crippen LogP contribution is 2.27. The molecule has 3 fully saturated rings. The molecule has 5 nitrogen and oxygen atoms in total. The van der Waals surface area contributed by atoms with Crippen LogP contribution < -0.4 is 10.6 Å². The summed E-state index contributed by atoms with van der Waals surface area (Å²) in [6.07, 6.45) is 3.46. The third-order valence-electron chi connectivity index (χ3n) is 5.29. The van der Waals surface area contributed by atoms with E-state index in [2.05, 4.69) is 20.4 Å². The van der Waals surface area contributed by atoms with Gasteiger partial charge in [0.1, 0.15) is 5.78 Å². The Labute approximate surface area is 128 Å². The molecule has 120 valence electrons. The molecule has 1 aliphatic carbocycles. The lowest BCUT2D eigenvalue weighted by molar-refractivity contribution is -0.130. The first-order valence-electron chi connectivity index (χ1n) is 8.73. The Morgan fingerprint density at radius 1 is 0.810 bits per heavy atom. The molecule has 1 saturated carbocycles. The topological polar surface area (TPSA) is 47.6 Å². The number of hydrogen-bond donors (Lipinski definition) is 2. The van der Waals surface area contributed by atoms with Gasteiger partial charge in [-0.3, -0.25) is 4.79 Å². The molecule has 0 aromatic heterocycles. The number of piperazine rings is 2. The van der Waals surface area contributed by atoms with Crippen molar-refractivity contribution in [3.8, 4) is 0 Å². The van der Waals surface area contributed by atoms with Gasteiger partial charge in [-0.1, -0.05) is 6.42 Å². The first-order chi connectivity index (χ1) is 10.3. The maximum atomic E-state index is 12.8. The van der Waals surface area contributed by atoms with E-state index < -0.39 is 0 Å². The van der Waals surface area contributed by atoms with Crippen LogP contribution in [0.15, 0.2) is 0 Å². The molecule has 0 aromatic rings. The Hall–Kier alpha value is -0.490. The van der Waals surface area contributed by atoms with E-state index >= 15 is 0 Å². The van der Waals surface area contributed by atoms with Crippen LogP contribution in [0.5, 0.6) is 0 Å². The summed E-state index contributed by atoms with van der Waals surface area (Å²) in [6.45, 7) is 10.7. The van der Waals surface area contributed by atoms with Crippen molar-refractivity contribution in [2.75, 3.05) is 65.4 Å². The summed E-state index contributed by atoms with van der Waals surface area (Å²) >= 11 is 0. The summed E-state index contributed by atoms with van der Waals surface area (Å²) in [4.78, 5) is 17.7. The average molecular weight is 294 g/mol. The molecule has 0 radical (unpaired) electrons. The average Bonchev–Trinajstić information content (AvgIpc) is 2.53. The van der Waals surface area contributed by atoms with Crippen LogP contribution in [0.1, 0.15) is 19.3 Å². The maximum absolute atomic E-state index is 12.8. The Morgan fingerprint density at radius 3 is 1.67 bits per heavy atom. The molecule has 0 aromatic carbocycles. The van der Waals surface area contributed by atoms with E-state index in [1.165, 1.54) is 6.42 Å². The number of hydrogen-bond acceptors (Lipinski definition) is 5. The van der Waals surface area contributed by atoms with Crippen LogP contribution >= 0.6 is 0 Å². The third-order valence-corrected chi connectivity index (χ3v) is 5.29. The van der Waals surface area contributed by atoms with Crippen molar-refractivity contribution >= 4 is 5.78 Å². The molecule has 2 saturated heterocycles. The number of ketones is 1. The van der Waals surface area contributed by atoms with Crippen molar-refractivity contribution in [2.45, 2.75) is 19.3 Å². The van der Waals surface area contributed by atoms with Crippen LogP contribution in [0.4, 0.5) is 0 Å². The molecular weight excluding hydrogens is 264 g/mol. The number of carbonyl (C=O) groups excluding carboxylic acids is 1. The maximum Gasteiger partial charge on any atom is 0.141 e. The van der Waals surface area contributed by atoms with Gasteiger partial charge in [0.05, 0.1) is 0 Å². The molecule has 3 rings (SSSR count). The van der Waals surface area contributed by atoms with Gasteiger partial charge in [0.15, 0.2) is 0 Å². The number of nitrogens with one attached hydrogen (secondary N) is 2. The summed E-state index contributed by atoms with van der Waals surface area (Å²) in [7, 11) is 0. The second-order valence-corrected chi connectivity index (χ2v) is 6.83. The van der Waals surface area contributed by atoms with Crippen LogP contribution in [0, 0.1) is 11.8 Å². The van der Waals surface area contributed by atoms with Crippen LogP contribution in [0.2, 0.25) is 0 Å². The zero-order chi connectivity index (χ0) is 14.5. The Bertz CT molecular complexity index is 307. The first kappa shape index (κ1) is 15.4. The fourth-order valence-electron chi connectivity index (χ4n) is 4.00. The van der Waals surface area contributed by atoms with Crippen molar-refractivity contribution in [2.24, 2.45) is 11.8 Å². The fourth-order valence-corrected chi connectivity index (χ4v) is 4.00. The Kier molecular flexibility index (Phi) is 5.63. The monoisotopic (exact) mass is 294 g/mol. The largest absolute Gasteiger partial charge is 0.314 e. The highest BCUT2D eigenvalue weighted by atomic mass is 16.1. The minimum Gasteiger partial charge on any atom is -0.314 e. The van der Waals surface area contributed by atoms with E-state index in [1.807, 2.05) is 0 Å². The lowest BCUT2D eigenvalue weighted by Gasteiger charge is -2.36. The van der Waals surface area contributed by atoms with Gasteiger partial charge in [0.25, 0.3) is 0 Å². The Balaban J connectivity index is 1.50. The van der Waals surface area contributed by atoms with Crippen LogP contribution in [-0.4, -0.2) is 81.0 Å². The minimum atomic E-state index is 0.296. The van der Waals surface area contributed by atoms with E-state index in [9.17, 15) is 4.79 Å². The number of rotatable bonds is 4. The molecule has 2 atom stereocenters. The highest BCUT2D eigenvalue weighted by Gasteiger charge is 2.33. The molecule has 0 bridgehead atoms. The van der Waals surface area contributed by atoms with Crippen molar-refractivity contribution < 1.29 is 4.79 Å². The molecular formula is C16H30N4O. The molecule has 0 amide bonds. The van der Waals surface area contributed by atoms with Gasteiger partial charge in [-0.2, -0.15) is 0 Å². The quantitative estimate of drug-likeness (QED) is 0.751. The molecule has 3 aliphatic rings. The Morgan fingerprint density at radius 2 is 1.24 bits per heavy atom. The summed E-state index contributed by atoms with van der Waals surface area (Å²) < 4.78 is 0. The van der Waals surface area contributed by atoms with Gasteiger partial charge in [-0.15, -0.1) is 0 Å². The summed E-state index contributed by atoms with van der Waals surface area (Å²) in [6, 6.07) is 0. The third kappa shape index (κ3) is 4.25. The van der Waals surface area contributed by atoms with Crippen molar-refractivity contribution in [3.63, 3.8) is 0 Å². The van der Waals surface area contributed by atoms with Gasteiger partial charge in [-0.05, 0) is 12.8 Å². The molecule has 2 heterocycles. The lowest BCUT2D eigenvalue weighted by Crippen LogP contribution is -2.50. The van der Waals surface area contributed by atoms with E-state index in [4.69, 9.17) is 0 Å². The first-order valence-corrected chi connectivity index (χ1v) is 8.73. The predicted molar refractivity (Wildman–Crippen MR) is 84.5 cm³/mol. The zero-order valence-corrected chi connectivity index (χ0v) is 13.1. The van der Waals surface area contributed by atoms with Crippen molar-refractivity contribution in [3.05, 3.63) is 0 Å². The standard InChI is InChI=1S/C16H30N4O/c21-16-14(12-19-8-4-17-5-9-19)2-1-3-15(16)13-20-10-6-18-7-11-20/h14-15,17-18H,1-13H2. The molecule has 0 spiro atoms. The van der Waals surface area contributed by atoms with E-state index in [1.54, 1.807) is 0 Å². The van der Waals surface area contributed by atoms with Crippen molar-refractivity contribution in [1.29, 1.82) is 0 Å². The van der Waals surface area contributed by atoms with Crippen LogP contribution in [-0.2, 0) is 4.79 Å². The summed E-state index contributed by atoms with van der Waals surface area (Å²) in [5.41, 5.74) is 0. The predicted octanol–water partition coefficient (Wildman–Crippen LogP) is -0.218. The molecule has 2 N–H and O–H groups in total. The van der Waals surface area contributed by atoms with Gasteiger partial charge in [0, 0.05) is 77.3 Å². The van der Waals surface area contributed by atoms with Crippen LogP contribution in [0.25, 0.3) is 0 Å².